The molecule has 1 aliphatic rings. The van der Waals surface area contributed by atoms with Gasteiger partial charge >= 0.3 is 6.18 Å². The van der Waals surface area contributed by atoms with Gasteiger partial charge in [0.2, 0.25) is 0 Å². The van der Waals surface area contributed by atoms with E-state index in [2.05, 4.69) is 4.72 Å². The van der Waals surface area contributed by atoms with Gasteiger partial charge in [0.05, 0.1) is 10.5 Å². The number of anilines is 1. The van der Waals surface area contributed by atoms with Gasteiger partial charge in [-0.25, -0.2) is 8.42 Å². The minimum atomic E-state index is -4.52. The number of para-hydroxylation sites is 1. The molecule has 1 N–H and O–H groups in total. The van der Waals surface area contributed by atoms with Crippen LogP contribution in [0.5, 0.6) is 5.75 Å². The first-order chi connectivity index (χ1) is 17.4. The molecule has 4 rings (SSSR count). The molecule has 1 aliphatic heterocycles. The molecule has 0 aromatic heterocycles. The zero-order chi connectivity index (χ0) is 26.8. The fourth-order valence-corrected chi connectivity index (χ4v) is 5.65. The summed E-state index contributed by atoms with van der Waals surface area (Å²) in [4.78, 5) is 14.9. The number of rotatable bonds is 6. The zero-order valence-corrected chi connectivity index (χ0v) is 21.2. The van der Waals surface area contributed by atoms with Crippen molar-refractivity contribution in [2.45, 2.75) is 43.9 Å². The number of sulfonamides is 1. The first-order valence-electron chi connectivity index (χ1n) is 11.8. The Kier molecular flexibility index (Phi) is 7.49. The number of piperidine rings is 1. The number of hydrogen-bond donors (Lipinski definition) is 1. The van der Waals surface area contributed by atoms with E-state index in [0.717, 1.165) is 11.6 Å². The van der Waals surface area contributed by atoms with Crippen LogP contribution in [0, 0.1) is 13.8 Å². The second kappa shape index (κ2) is 10.5. The molecular weight excluding hydrogens is 505 g/mol. The summed E-state index contributed by atoms with van der Waals surface area (Å²) in [6, 6.07) is 16.5. The Balaban J connectivity index is 1.41. The van der Waals surface area contributed by atoms with E-state index in [1.807, 2.05) is 6.07 Å². The van der Waals surface area contributed by atoms with Crippen LogP contribution in [0.4, 0.5) is 18.9 Å². The summed E-state index contributed by atoms with van der Waals surface area (Å²) < 4.78 is 73.8. The molecule has 0 spiro atoms. The predicted molar refractivity (Wildman–Crippen MR) is 134 cm³/mol. The summed E-state index contributed by atoms with van der Waals surface area (Å²) in [7, 11) is -3.86. The summed E-state index contributed by atoms with van der Waals surface area (Å²) >= 11 is 0. The van der Waals surface area contributed by atoms with Crippen molar-refractivity contribution in [1.82, 2.24) is 4.90 Å². The van der Waals surface area contributed by atoms with E-state index in [-0.39, 0.29) is 22.2 Å². The Bertz CT molecular complexity index is 1400. The summed E-state index contributed by atoms with van der Waals surface area (Å²) in [6.07, 6.45) is -4.23. The van der Waals surface area contributed by atoms with Crippen LogP contribution in [0.1, 0.15) is 39.9 Å². The number of alkyl halides is 3. The summed E-state index contributed by atoms with van der Waals surface area (Å²) in [5.74, 6) is -0.509. The maximum absolute atomic E-state index is 13.3. The molecule has 0 aliphatic carbocycles. The number of hydrogen-bond acceptors (Lipinski definition) is 4. The third-order valence-corrected chi connectivity index (χ3v) is 7.73. The van der Waals surface area contributed by atoms with E-state index in [1.165, 1.54) is 24.3 Å². The summed E-state index contributed by atoms with van der Waals surface area (Å²) in [6.45, 7) is 4.12. The van der Waals surface area contributed by atoms with Crippen molar-refractivity contribution in [2.75, 3.05) is 17.8 Å². The standard InChI is InChI=1S/C27H27F3N2O4S/c1-18-10-11-19(2)25(16-18)37(34,35)31-21-7-5-6-20(17-21)26(33)32-14-12-22(13-15-32)36-24-9-4-3-8-23(24)27(28,29)30/h3-11,16-17,22,31H,12-15H2,1-2H3. The zero-order valence-electron chi connectivity index (χ0n) is 20.4. The molecule has 0 saturated carbocycles. The lowest BCUT2D eigenvalue weighted by Gasteiger charge is -2.32. The van der Waals surface area contributed by atoms with Gasteiger partial charge in [0.15, 0.2) is 0 Å². The Labute approximate surface area is 214 Å². The number of ether oxygens (including phenoxy) is 1. The highest BCUT2D eigenvalue weighted by Gasteiger charge is 2.35. The normalized spacial score (nSPS) is 14.9. The van der Waals surface area contributed by atoms with Crippen molar-refractivity contribution in [3.63, 3.8) is 0 Å². The molecule has 0 radical (unpaired) electrons. The van der Waals surface area contributed by atoms with Crippen molar-refractivity contribution in [1.29, 1.82) is 0 Å². The second-order valence-electron chi connectivity index (χ2n) is 9.06. The Hall–Kier alpha value is -3.53. The molecule has 3 aromatic carbocycles. The number of aryl methyl sites for hydroxylation is 2. The van der Waals surface area contributed by atoms with Gasteiger partial charge in [0, 0.05) is 37.2 Å². The molecule has 1 heterocycles. The SMILES string of the molecule is Cc1ccc(C)c(S(=O)(=O)Nc2cccc(C(=O)N3CCC(Oc4ccccc4C(F)(F)F)CC3)c2)c1. The number of likely N-dealkylation sites (tertiary alicyclic amines) is 1. The van der Waals surface area contributed by atoms with E-state index in [4.69, 9.17) is 4.74 Å². The largest absolute Gasteiger partial charge is 0.490 e. The van der Waals surface area contributed by atoms with E-state index in [9.17, 15) is 26.4 Å². The number of amides is 1. The van der Waals surface area contributed by atoms with Crippen molar-refractivity contribution >= 4 is 21.6 Å². The maximum atomic E-state index is 13.3. The van der Waals surface area contributed by atoms with Gasteiger partial charge in [-0.15, -0.1) is 0 Å². The fraction of sp³-hybridized carbons (Fsp3) is 0.296. The molecule has 0 unspecified atom stereocenters. The fourth-order valence-electron chi connectivity index (χ4n) is 4.27. The van der Waals surface area contributed by atoms with Crippen molar-refractivity contribution in [3.8, 4) is 5.75 Å². The number of nitrogens with zero attached hydrogens (tertiary/aromatic N) is 1. The van der Waals surface area contributed by atoms with Gasteiger partial charge in [-0.2, -0.15) is 13.2 Å². The molecule has 37 heavy (non-hydrogen) atoms. The molecule has 0 atom stereocenters. The van der Waals surface area contributed by atoms with Crippen LogP contribution in [-0.2, 0) is 16.2 Å². The first kappa shape index (κ1) is 26.5. The minimum absolute atomic E-state index is 0.165. The van der Waals surface area contributed by atoms with Crippen LogP contribution >= 0.6 is 0 Å². The molecule has 1 saturated heterocycles. The van der Waals surface area contributed by atoms with Crippen molar-refractivity contribution < 1.29 is 31.1 Å². The molecule has 1 amide bonds. The van der Waals surface area contributed by atoms with Crippen LogP contribution < -0.4 is 9.46 Å². The van der Waals surface area contributed by atoms with Gasteiger partial charge in [-0.05, 0) is 61.4 Å². The third-order valence-electron chi connectivity index (χ3n) is 6.21. The molecule has 6 nitrogen and oxygen atoms in total. The van der Waals surface area contributed by atoms with Crippen LogP contribution in [0.15, 0.2) is 71.6 Å². The van der Waals surface area contributed by atoms with Gasteiger partial charge in [-0.1, -0.05) is 30.3 Å². The van der Waals surface area contributed by atoms with Gasteiger partial charge in [-0.3, -0.25) is 9.52 Å². The first-order valence-corrected chi connectivity index (χ1v) is 13.2. The predicted octanol–water partition coefficient (Wildman–Crippen LogP) is 5.81. The Morgan fingerprint density at radius 2 is 1.68 bits per heavy atom. The Morgan fingerprint density at radius 3 is 2.38 bits per heavy atom. The van der Waals surface area contributed by atoms with Crippen LogP contribution in [0.25, 0.3) is 0 Å². The average molecular weight is 533 g/mol. The highest BCUT2D eigenvalue weighted by atomic mass is 32.2. The summed E-state index contributed by atoms with van der Waals surface area (Å²) in [5.41, 5.74) is 1.16. The highest BCUT2D eigenvalue weighted by molar-refractivity contribution is 7.92. The van der Waals surface area contributed by atoms with Crippen molar-refractivity contribution in [3.05, 3.63) is 89.0 Å². The number of halogens is 3. The number of carbonyl (C=O) groups excluding carboxylic acids is 1. The van der Waals surface area contributed by atoms with E-state index < -0.39 is 27.9 Å². The quantitative estimate of drug-likeness (QED) is 0.435. The average Bonchev–Trinajstić information content (AvgIpc) is 2.85. The van der Waals surface area contributed by atoms with E-state index in [0.29, 0.717) is 37.1 Å². The molecule has 0 bridgehead atoms. The molecular formula is C27H27F3N2O4S. The maximum Gasteiger partial charge on any atom is 0.419 e. The number of carbonyl (C=O) groups is 1. The monoisotopic (exact) mass is 532 g/mol. The van der Waals surface area contributed by atoms with E-state index >= 15 is 0 Å². The lowest BCUT2D eigenvalue weighted by Crippen LogP contribution is -2.42. The van der Waals surface area contributed by atoms with Crippen LogP contribution in [-0.4, -0.2) is 38.4 Å². The van der Waals surface area contributed by atoms with Crippen molar-refractivity contribution in [2.24, 2.45) is 0 Å². The number of nitrogens with one attached hydrogen (secondary N) is 1. The summed E-state index contributed by atoms with van der Waals surface area (Å²) in [5, 5.41) is 0. The highest BCUT2D eigenvalue weighted by Crippen LogP contribution is 2.37. The van der Waals surface area contributed by atoms with Gasteiger partial charge in [0.1, 0.15) is 11.9 Å². The lowest BCUT2D eigenvalue weighted by atomic mass is 10.1. The van der Waals surface area contributed by atoms with Crippen LogP contribution in [0.3, 0.4) is 0 Å². The molecule has 3 aromatic rings. The minimum Gasteiger partial charge on any atom is -0.490 e. The van der Waals surface area contributed by atoms with Gasteiger partial charge < -0.3 is 9.64 Å². The lowest BCUT2D eigenvalue weighted by molar-refractivity contribution is -0.139. The van der Waals surface area contributed by atoms with Crippen LogP contribution in [0.2, 0.25) is 0 Å². The third kappa shape index (κ3) is 6.25. The topological polar surface area (TPSA) is 75.7 Å². The smallest absolute Gasteiger partial charge is 0.419 e. The van der Waals surface area contributed by atoms with Gasteiger partial charge in [0.25, 0.3) is 15.9 Å². The molecule has 10 heteroatoms. The molecule has 196 valence electrons. The second-order valence-corrected chi connectivity index (χ2v) is 10.7. The number of benzene rings is 3. The Morgan fingerprint density at radius 1 is 0.973 bits per heavy atom. The van der Waals surface area contributed by atoms with E-state index in [1.54, 1.807) is 49.1 Å². The molecule has 1 fully saturated rings.